The Morgan fingerprint density at radius 1 is 1.69 bits per heavy atom. The van der Waals surface area contributed by atoms with Crippen molar-refractivity contribution in [3.63, 3.8) is 0 Å². The fourth-order valence-electron chi connectivity index (χ4n) is 0.831. The fourth-order valence-corrected chi connectivity index (χ4v) is 1.12. The van der Waals surface area contributed by atoms with Gasteiger partial charge < -0.3 is 10.6 Å². The van der Waals surface area contributed by atoms with Gasteiger partial charge in [-0.3, -0.25) is 4.79 Å². The number of carbonyl (C=O) groups is 1. The standard InChI is InChI=1S/C7H7BrFN3O/c1-10-7-5(11-3-13)2-4(9)6(8)12-7/h2-3H,1H3,(H,10,12)(H,11,13). The highest BCUT2D eigenvalue weighted by Crippen LogP contribution is 2.23. The number of hydrogen-bond donors (Lipinski definition) is 2. The Kier molecular flexibility index (Phi) is 3.18. The summed E-state index contributed by atoms with van der Waals surface area (Å²) in [4.78, 5) is 14.0. The van der Waals surface area contributed by atoms with Crippen LogP contribution in [0.5, 0.6) is 0 Å². The van der Waals surface area contributed by atoms with Gasteiger partial charge in [0.15, 0.2) is 11.6 Å². The molecule has 0 saturated carbocycles. The zero-order valence-corrected chi connectivity index (χ0v) is 8.35. The molecular formula is C7H7BrFN3O. The Morgan fingerprint density at radius 3 is 2.92 bits per heavy atom. The van der Waals surface area contributed by atoms with Crippen molar-refractivity contribution in [2.75, 3.05) is 17.7 Å². The monoisotopic (exact) mass is 247 g/mol. The lowest BCUT2D eigenvalue weighted by molar-refractivity contribution is -0.105. The molecule has 0 aromatic carbocycles. The van der Waals surface area contributed by atoms with E-state index in [9.17, 15) is 9.18 Å². The molecule has 70 valence electrons. The zero-order chi connectivity index (χ0) is 9.84. The van der Waals surface area contributed by atoms with E-state index in [0.29, 0.717) is 17.9 Å². The molecule has 1 amide bonds. The van der Waals surface area contributed by atoms with Crippen molar-refractivity contribution in [1.29, 1.82) is 0 Å². The summed E-state index contributed by atoms with van der Waals surface area (Å²) in [6.07, 6.45) is 0.463. The SMILES string of the molecule is CNc1nc(Br)c(F)cc1NC=O. The van der Waals surface area contributed by atoms with Gasteiger partial charge in [-0.15, -0.1) is 0 Å². The Bertz CT molecular complexity index is 332. The largest absolute Gasteiger partial charge is 0.371 e. The van der Waals surface area contributed by atoms with Crippen LogP contribution in [-0.4, -0.2) is 18.4 Å². The number of nitrogens with zero attached hydrogens (tertiary/aromatic N) is 1. The van der Waals surface area contributed by atoms with Crippen LogP contribution < -0.4 is 10.6 Å². The van der Waals surface area contributed by atoms with E-state index in [1.165, 1.54) is 6.07 Å². The van der Waals surface area contributed by atoms with Gasteiger partial charge in [-0.1, -0.05) is 0 Å². The van der Waals surface area contributed by atoms with Gasteiger partial charge in [0.2, 0.25) is 6.41 Å². The zero-order valence-electron chi connectivity index (χ0n) is 6.77. The van der Waals surface area contributed by atoms with Crippen LogP contribution in [0.25, 0.3) is 0 Å². The average molecular weight is 248 g/mol. The lowest BCUT2D eigenvalue weighted by Crippen LogP contribution is -2.03. The molecule has 0 aliphatic carbocycles. The normalized spacial score (nSPS) is 9.46. The minimum Gasteiger partial charge on any atom is -0.371 e. The smallest absolute Gasteiger partial charge is 0.211 e. The molecule has 0 saturated heterocycles. The van der Waals surface area contributed by atoms with Crippen molar-refractivity contribution in [1.82, 2.24) is 4.98 Å². The van der Waals surface area contributed by atoms with Crippen molar-refractivity contribution in [2.45, 2.75) is 0 Å². The van der Waals surface area contributed by atoms with Crippen LogP contribution in [0.2, 0.25) is 0 Å². The third-order valence-electron chi connectivity index (χ3n) is 1.38. The number of pyridine rings is 1. The van der Waals surface area contributed by atoms with Crippen molar-refractivity contribution in [2.24, 2.45) is 0 Å². The minimum atomic E-state index is -0.525. The van der Waals surface area contributed by atoms with Gasteiger partial charge in [-0.2, -0.15) is 0 Å². The topological polar surface area (TPSA) is 54.0 Å². The predicted octanol–water partition coefficient (Wildman–Crippen LogP) is 1.59. The second-order valence-corrected chi connectivity index (χ2v) is 2.92. The predicted molar refractivity (Wildman–Crippen MR) is 51.1 cm³/mol. The molecule has 0 radical (unpaired) electrons. The van der Waals surface area contributed by atoms with E-state index in [4.69, 9.17) is 0 Å². The second kappa shape index (κ2) is 4.18. The van der Waals surface area contributed by atoms with Crippen LogP contribution in [0, 0.1) is 5.82 Å². The summed E-state index contributed by atoms with van der Waals surface area (Å²) in [5, 5.41) is 5.05. The van der Waals surface area contributed by atoms with E-state index < -0.39 is 5.82 Å². The third kappa shape index (κ3) is 2.15. The Balaban J connectivity index is 3.15. The number of nitrogens with one attached hydrogen (secondary N) is 2. The van der Waals surface area contributed by atoms with Gasteiger partial charge in [-0.25, -0.2) is 9.37 Å². The van der Waals surface area contributed by atoms with Gasteiger partial charge >= 0.3 is 0 Å². The molecule has 0 fully saturated rings. The molecule has 1 rings (SSSR count). The molecule has 1 aromatic heterocycles. The van der Waals surface area contributed by atoms with Crippen molar-refractivity contribution in [3.05, 3.63) is 16.5 Å². The highest BCUT2D eigenvalue weighted by Gasteiger charge is 2.07. The van der Waals surface area contributed by atoms with Crippen LogP contribution in [0.4, 0.5) is 15.9 Å². The summed E-state index contributed by atoms with van der Waals surface area (Å²) < 4.78 is 13.0. The van der Waals surface area contributed by atoms with E-state index in [1.807, 2.05) is 0 Å². The summed E-state index contributed by atoms with van der Waals surface area (Å²) in [5.41, 5.74) is 0.304. The molecule has 1 aromatic rings. The quantitative estimate of drug-likeness (QED) is 0.630. The lowest BCUT2D eigenvalue weighted by atomic mass is 10.4. The summed E-state index contributed by atoms with van der Waals surface area (Å²) in [5.74, 6) is -0.122. The summed E-state index contributed by atoms with van der Waals surface area (Å²) in [6, 6.07) is 1.18. The number of anilines is 2. The van der Waals surface area contributed by atoms with E-state index in [0.717, 1.165) is 0 Å². The van der Waals surface area contributed by atoms with Gasteiger partial charge in [0.05, 0.1) is 5.69 Å². The first-order valence-corrected chi connectivity index (χ1v) is 4.22. The molecule has 0 atom stereocenters. The van der Waals surface area contributed by atoms with Crippen LogP contribution in [0.1, 0.15) is 0 Å². The maximum atomic E-state index is 12.9. The van der Waals surface area contributed by atoms with Crippen molar-refractivity contribution in [3.8, 4) is 0 Å². The molecule has 6 heteroatoms. The maximum Gasteiger partial charge on any atom is 0.211 e. The fraction of sp³-hybridized carbons (Fsp3) is 0.143. The molecule has 4 nitrogen and oxygen atoms in total. The number of amides is 1. The molecule has 13 heavy (non-hydrogen) atoms. The highest BCUT2D eigenvalue weighted by atomic mass is 79.9. The number of halogens is 2. The third-order valence-corrected chi connectivity index (χ3v) is 1.94. The van der Waals surface area contributed by atoms with Crippen LogP contribution in [0.3, 0.4) is 0 Å². The number of carbonyl (C=O) groups excluding carboxylic acids is 1. The van der Waals surface area contributed by atoms with Crippen LogP contribution >= 0.6 is 15.9 Å². The van der Waals surface area contributed by atoms with Gasteiger partial charge in [-0.05, 0) is 15.9 Å². The lowest BCUT2D eigenvalue weighted by Gasteiger charge is -2.07. The first-order valence-electron chi connectivity index (χ1n) is 3.43. The van der Waals surface area contributed by atoms with E-state index >= 15 is 0 Å². The van der Waals surface area contributed by atoms with Gasteiger partial charge in [0.1, 0.15) is 4.60 Å². The Hall–Kier alpha value is -1.17. The Labute approximate surface area is 82.7 Å². The van der Waals surface area contributed by atoms with Gasteiger partial charge in [0.25, 0.3) is 0 Å². The minimum absolute atomic E-state index is 0.105. The molecule has 2 N–H and O–H groups in total. The number of aromatic nitrogens is 1. The van der Waals surface area contributed by atoms with E-state index in [1.54, 1.807) is 7.05 Å². The van der Waals surface area contributed by atoms with Crippen molar-refractivity contribution >= 4 is 33.8 Å². The highest BCUT2D eigenvalue weighted by molar-refractivity contribution is 9.10. The number of hydrogen-bond acceptors (Lipinski definition) is 3. The first-order chi connectivity index (χ1) is 6.19. The van der Waals surface area contributed by atoms with Crippen LogP contribution in [0.15, 0.2) is 10.7 Å². The molecular weight excluding hydrogens is 241 g/mol. The maximum absolute atomic E-state index is 12.9. The molecule has 1 heterocycles. The molecule has 0 aliphatic heterocycles. The average Bonchev–Trinajstić information content (AvgIpc) is 2.11. The molecule has 0 unspecified atom stereocenters. The van der Waals surface area contributed by atoms with E-state index in [2.05, 4.69) is 31.5 Å². The Morgan fingerprint density at radius 2 is 2.38 bits per heavy atom. The van der Waals surface area contributed by atoms with E-state index in [-0.39, 0.29) is 4.60 Å². The molecule has 0 spiro atoms. The molecule has 0 aliphatic rings. The molecule has 0 bridgehead atoms. The van der Waals surface area contributed by atoms with Crippen LogP contribution in [-0.2, 0) is 4.79 Å². The van der Waals surface area contributed by atoms with Gasteiger partial charge in [0, 0.05) is 13.1 Å². The van der Waals surface area contributed by atoms with Crippen molar-refractivity contribution < 1.29 is 9.18 Å². The number of rotatable bonds is 3. The summed E-state index contributed by atoms with van der Waals surface area (Å²) in [7, 11) is 1.63. The summed E-state index contributed by atoms with van der Waals surface area (Å²) >= 11 is 2.93. The second-order valence-electron chi connectivity index (χ2n) is 2.17. The first kappa shape index (κ1) is 9.91. The summed E-state index contributed by atoms with van der Waals surface area (Å²) in [6.45, 7) is 0.